The number of hydrogen-bond acceptors (Lipinski definition) is 5. The van der Waals surface area contributed by atoms with Crippen LogP contribution in [0.5, 0.6) is 0 Å². The highest BCUT2D eigenvalue weighted by Gasteiger charge is 2.47. The SMILES string of the molecule is C=C/C=C(\C=C)N(c1ccc2c(c1)N(c1ccccc1)c1ccc(-c3ccc(-c4ccc5c(=O)c6ccccc6oc5c4)cc3)cc1C2(c1ccccc1)c1ccccc1)c1ccc2c(c1)oc1ccccc12. The van der Waals surface area contributed by atoms with E-state index in [-0.39, 0.29) is 5.43 Å². The summed E-state index contributed by atoms with van der Waals surface area (Å²) in [6, 6.07) is 82.8. The average molecular weight is 939 g/mol. The fourth-order valence-electron chi connectivity index (χ4n) is 11.2. The molecule has 73 heavy (non-hydrogen) atoms. The van der Waals surface area contributed by atoms with Crippen molar-refractivity contribution in [1.82, 2.24) is 0 Å². The zero-order valence-electron chi connectivity index (χ0n) is 39.8. The summed E-state index contributed by atoms with van der Waals surface area (Å²) in [7, 11) is 0. The van der Waals surface area contributed by atoms with Gasteiger partial charge < -0.3 is 18.6 Å². The molecule has 12 aromatic rings. The van der Waals surface area contributed by atoms with Crippen LogP contribution in [0.15, 0.2) is 287 Å². The van der Waals surface area contributed by atoms with Crippen molar-refractivity contribution in [3.63, 3.8) is 0 Å². The molecule has 346 valence electrons. The minimum atomic E-state index is -0.762. The van der Waals surface area contributed by atoms with Crippen molar-refractivity contribution in [2.24, 2.45) is 0 Å². The van der Waals surface area contributed by atoms with Gasteiger partial charge in [-0.1, -0.05) is 171 Å². The van der Waals surface area contributed by atoms with Crippen LogP contribution in [0.25, 0.3) is 66.1 Å². The molecule has 0 saturated heterocycles. The Labute approximate surface area is 422 Å². The molecular weight excluding hydrogens is 893 g/mol. The first-order chi connectivity index (χ1) is 36.0. The molecule has 1 aliphatic heterocycles. The van der Waals surface area contributed by atoms with Gasteiger partial charge in [0, 0.05) is 39.6 Å². The van der Waals surface area contributed by atoms with Crippen molar-refractivity contribution in [2.45, 2.75) is 5.41 Å². The molecule has 2 aromatic heterocycles. The first-order valence-electron chi connectivity index (χ1n) is 24.5. The first-order valence-corrected chi connectivity index (χ1v) is 24.5. The van der Waals surface area contributed by atoms with Gasteiger partial charge in [-0.3, -0.25) is 4.79 Å². The quantitative estimate of drug-likeness (QED) is 0.101. The molecule has 0 spiro atoms. The number of anilines is 5. The Morgan fingerprint density at radius 3 is 1.62 bits per heavy atom. The van der Waals surface area contributed by atoms with E-state index in [0.717, 1.165) is 101 Å². The fourth-order valence-corrected chi connectivity index (χ4v) is 11.2. The number of benzene rings is 10. The molecule has 0 radical (unpaired) electrons. The number of nitrogens with zero attached hydrogens (tertiary/aromatic N) is 2. The van der Waals surface area contributed by atoms with E-state index in [1.807, 2.05) is 72.8 Å². The van der Waals surface area contributed by atoms with Crippen molar-refractivity contribution >= 4 is 72.3 Å². The summed E-state index contributed by atoms with van der Waals surface area (Å²) in [5.74, 6) is 0. The second kappa shape index (κ2) is 17.6. The third-order valence-electron chi connectivity index (χ3n) is 14.5. The maximum Gasteiger partial charge on any atom is 0.200 e. The van der Waals surface area contributed by atoms with Crippen LogP contribution >= 0.6 is 0 Å². The van der Waals surface area contributed by atoms with Gasteiger partial charge in [-0.05, 0) is 136 Å². The maximum absolute atomic E-state index is 13.4. The van der Waals surface area contributed by atoms with Crippen LogP contribution in [0.2, 0.25) is 0 Å². The maximum atomic E-state index is 13.4. The number of furan rings is 1. The van der Waals surface area contributed by atoms with E-state index in [0.29, 0.717) is 21.9 Å². The fraction of sp³-hybridized carbons (Fsp3) is 0.0147. The third kappa shape index (κ3) is 7.04. The Kier molecular flexibility index (Phi) is 10.4. The summed E-state index contributed by atoms with van der Waals surface area (Å²) >= 11 is 0. The van der Waals surface area contributed by atoms with Gasteiger partial charge in [0.05, 0.1) is 27.6 Å². The van der Waals surface area contributed by atoms with Crippen LogP contribution in [0.1, 0.15) is 22.3 Å². The molecule has 0 amide bonds. The van der Waals surface area contributed by atoms with E-state index in [1.54, 1.807) is 6.08 Å². The standard InChI is InChI=1S/C68H46N2O3/c1-3-18-51(4-2)69(54-35-38-56-55-25-14-16-27-63(55)72-66(56)44-54)53-36-39-59-62(43-53)70(52-23-12-7-13-24-52)61-40-34-47(41-60(61)68(59,49-19-8-5-9-20-49)50-21-10-6-11-22-50)45-29-31-46(32-30-45)48-33-37-58-65(42-48)73-64-28-17-15-26-57(64)67(58)71/h3-44H,1-2H2/b51-18+. The zero-order chi connectivity index (χ0) is 49.0. The summed E-state index contributed by atoms with van der Waals surface area (Å²) in [6.07, 6.45) is 5.68. The molecule has 1 aliphatic rings. The molecule has 0 fully saturated rings. The smallest absolute Gasteiger partial charge is 0.200 e. The van der Waals surface area contributed by atoms with E-state index < -0.39 is 5.41 Å². The number of allylic oxidation sites excluding steroid dienone is 3. The Hall–Kier alpha value is -9.71. The summed E-state index contributed by atoms with van der Waals surface area (Å²) < 4.78 is 12.7. The van der Waals surface area contributed by atoms with Crippen molar-refractivity contribution < 1.29 is 8.83 Å². The molecule has 0 aliphatic carbocycles. The lowest BCUT2D eigenvalue weighted by molar-refractivity contribution is 0.660. The highest BCUT2D eigenvalue weighted by atomic mass is 16.3. The second-order valence-electron chi connectivity index (χ2n) is 18.4. The predicted octanol–water partition coefficient (Wildman–Crippen LogP) is 17.7. The zero-order valence-corrected chi connectivity index (χ0v) is 39.8. The topological polar surface area (TPSA) is 49.8 Å². The summed E-state index contributed by atoms with van der Waals surface area (Å²) in [5.41, 5.74) is 16.6. The van der Waals surface area contributed by atoms with Crippen molar-refractivity contribution in [1.29, 1.82) is 0 Å². The number of fused-ring (bicyclic) bond motifs is 7. The van der Waals surface area contributed by atoms with Gasteiger partial charge in [-0.25, -0.2) is 0 Å². The predicted molar refractivity (Wildman–Crippen MR) is 302 cm³/mol. The minimum absolute atomic E-state index is 0.0242. The van der Waals surface area contributed by atoms with Crippen molar-refractivity contribution in [3.05, 3.63) is 306 Å². The molecule has 0 bridgehead atoms. The largest absolute Gasteiger partial charge is 0.456 e. The summed E-state index contributed by atoms with van der Waals surface area (Å²) in [6.45, 7) is 8.41. The van der Waals surface area contributed by atoms with E-state index >= 15 is 0 Å². The van der Waals surface area contributed by atoms with Crippen LogP contribution in [0, 0.1) is 0 Å². The molecule has 5 heteroatoms. The molecule has 0 saturated carbocycles. The highest BCUT2D eigenvalue weighted by Crippen LogP contribution is 2.59. The van der Waals surface area contributed by atoms with Gasteiger partial charge in [0.15, 0.2) is 0 Å². The van der Waals surface area contributed by atoms with Gasteiger partial charge in [-0.15, -0.1) is 0 Å². The van der Waals surface area contributed by atoms with Crippen molar-refractivity contribution in [3.8, 4) is 22.3 Å². The Balaban J connectivity index is 1.01. The van der Waals surface area contributed by atoms with Crippen LogP contribution in [-0.4, -0.2) is 0 Å². The van der Waals surface area contributed by atoms with Crippen LogP contribution in [0.4, 0.5) is 28.4 Å². The van der Waals surface area contributed by atoms with Gasteiger partial charge in [-0.2, -0.15) is 0 Å². The Morgan fingerprint density at radius 2 is 0.945 bits per heavy atom. The first kappa shape index (κ1) is 43.3. The lowest BCUT2D eigenvalue weighted by Gasteiger charge is -2.47. The Bertz CT molecular complexity index is 4170. The summed E-state index contributed by atoms with van der Waals surface area (Å²) in [5, 5.41) is 3.29. The molecule has 10 aromatic carbocycles. The lowest BCUT2D eigenvalue weighted by atomic mass is 9.62. The molecular formula is C68H46N2O3. The van der Waals surface area contributed by atoms with E-state index in [2.05, 4.69) is 199 Å². The number of rotatable bonds is 10. The number of para-hydroxylation sites is 3. The van der Waals surface area contributed by atoms with E-state index in [9.17, 15) is 4.79 Å². The highest BCUT2D eigenvalue weighted by molar-refractivity contribution is 6.06. The van der Waals surface area contributed by atoms with Crippen LogP contribution in [0.3, 0.4) is 0 Å². The molecule has 0 N–H and O–H groups in total. The van der Waals surface area contributed by atoms with Gasteiger partial charge >= 0.3 is 0 Å². The monoisotopic (exact) mass is 938 g/mol. The van der Waals surface area contributed by atoms with Gasteiger partial charge in [0.25, 0.3) is 0 Å². The molecule has 13 rings (SSSR count). The van der Waals surface area contributed by atoms with Crippen LogP contribution < -0.4 is 15.2 Å². The van der Waals surface area contributed by atoms with E-state index in [4.69, 9.17) is 8.83 Å². The second-order valence-corrected chi connectivity index (χ2v) is 18.4. The third-order valence-corrected chi connectivity index (χ3v) is 14.5. The Morgan fingerprint density at radius 1 is 0.438 bits per heavy atom. The lowest BCUT2D eigenvalue weighted by Crippen LogP contribution is -2.38. The normalized spacial score (nSPS) is 13.0. The number of hydrogen-bond donors (Lipinski definition) is 0. The molecule has 0 unspecified atom stereocenters. The van der Waals surface area contributed by atoms with Crippen molar-refractivity contribution in [2.75, 3.05) is 9.80 Å². The summed E-state index contributed by atoms with van der Waals surface area (Å²) in [4.78, 5) is 18.0. The minimum Gasteiger partial charge on any atom is -0.456 e. The van der Waals surface area contributed by atoms with E-state index in [1.165, 1.54) is 0 Å². The van der Waals surface area contributed by atoms with Gasteiger partial charge in [0.1, 0.15) is 22.3 Å². The average Bonchev–Trinajstić information content (AvgIpc) is 3.83. The van der Waals surface area contributed by atoms with Crippen LogP contribution in [-0.2, 0) is 5.41 Å². The van der Waals surface area contributed by atoms with Gasteiger partial charge in [0.2, 0.25) is 5.43 Å². The molecule has 0 atom stereocenters. The molecule has 3 heterocycles. The molecule has 5 nitrogen and oxygen atoms in total.